The smallest absolute Gasteiger partial charge is 0.255 e. The summed E-state index contributed by atoms with van der Waals surface area (Å²) < 4.78 is 27.0. The van der Waals surface area contributed by atoms with Crippen molar-refractivity contribution in [2.24, 2.45) is 13.0 Å². The second-order valence-electron chi connectivity index (χ2n) is 6.93. The van der Waals surface area contributed by atoms with E-state index in [9.17, 15) is 13.2 Å². The average Bonchev–Trinajstić information content (AvgIpc) is 3.22. The third kappa shape index (κ3) is 3.82. The Morgan fingerprint density at radius 2 is 2.15 bits per heavy atom. The van der Waals surface area contributed by atoms with Gasteiger partial charge in [-0.1, -0.05) is 0 Å². The number of carbonyl (C=O) groups excluding carboxylic acids is 1. The molecule has 1 aliphatic rings. The molecule has 8 nitrogen and oxygen atoms in total. The number of carbonyl (C=O) groups is 1. The first-order chi connectivity index (χ1) is 12.3. The Morgan fingerprint density at radius 3 is 2.81 bits per heavy atom. The molecule has 2 atom stereocenters. The van der Waals surface area contributed by atoms with Crippen molar-refractivity contribution < 1.29 is 13.2 Å². The molecule has 1 fully saturated rings. The largest absolute Gasteiger partial charge is 0.352 e. The lowest BCUT2D eigenvalue weighted by molar-refractivity contribution is 0.0946. The quantitative estimate of drug-likeness (QED) is 0.843. The van der Waals surface area contributed by atoms with Gasteiger partial charge in [0.05, 0.1) is 22.8 Å². The molecule has 3 heterocycles. The second-order valence-corrected chi connectivity index (χ2v) is 9.47. The van der Waals surface area contributed by atoms with Crippen molar-refractivity contribution in [3.05, 3.63) is 24.2 Å². The van der Waals surface area contributed by atoms with E-state index in [4.69, 9.17) is 0 Å². The Morgan fingerprint density at radius 1 is 1.38 bits per heavy atom. The molecule has 0 saturated carbocycles. The Bertz CT molecular complexity index is 899. The van der Waals surface area contributed by atoms with Crippen molar-refractivity contribution in [3.63, 3.8) is 0 Å². The van der Waals surface area contributed by atoms with Crippen LogP contribution in [0.3, 0.4) is 0 Å². The molecule has 142 valence electrons. The molecule has 0 radical (unpaired) electrons. The maximum absolute atomic E-state index is 12.7. The highest BCUT2D eigenvalue weighted by Gasteiger charge is 2.31. The molecule has 1 aliphatic heterocycles. The van der Waals surface area contributed by atoms with E-state index in [1.165, 1.54) is 0 Å². The maximum Gasteiger partial charge on any atom is 0.255 e. The summed E-state index contributed by atoms with van der Waals surface area (Å²) in [6, 6.07) is 0. The lowest BCUT2D eigenvalue weighted by Gasteiger charge is -2.26. The monoisotopic (exact) mass is 379 g/mol. The molecule has 26 heavy (non-hydrogen) atoms. The second kappa shape index (κ2) is 7.22. The Kier molecular flexibility index (Phi) is 5.17. The van der Waals surface area contributed by atoms with Crippen LogP contribution in [0.4, 0.5) is 0 Å². The van der Waals surface area contributed by atoms with Gasteiger partial charge in [-0.05, 0) is 32.6 Å². The van der Waals surface area contributed by atoms with Gasteiger partial charge >= 0.3 is 0 Å². The number of sulfone groups is 1. The van der Waals surface area contributed by atoms with Crippen LogP contribution in [0.25, 0.3) is 11.3 Å². The summed E-state index contributed by atoms with van der Waals surface area (Å²) >= 11 is 0. The highest BCUT2D eigenvalue weighted by atomic mass is 32.2. The first-order valence-corrected chi connectivity index (χ1v) is 10.6. The fourth-order valence-electron chi connectivity index (χ4n) is 3.31. The van der Waals surface area contributed by atoms with Crippen LogP contribution in [-0.2, 0) is 23.4 Å². The average molecular weight is 379 g/mol. The zero-order chi connectivity index (χ0) is 18.9. The molecule has 0 aromatic carbocycles. The number of hydrogen-bond acceptors (Lipinski definition) is 5. The van der Waals surface area contributed by atoms with Gasteiger partial charge in [0.2, 0.25) is 0 Å². The third-order valence-corrected chi connectivity index (χ3v) is 7.17. The fraction of sp³-hybridized carbons (Fsp3) is 0.588. The third-order valence-electron chi connectivity index (χ3n) is 4.94. The number of aromatic nitrogens is 4. The topological polar surface area (TPSA) is 98.9 Å². The van der Waals surface area contributed by atoms with Gasteiger partial charge in [-0.2, -0.15) is 10.2 Å². The number of nitrogens with zero attached hydrogens (tertiary/aromatic N) is 4. The minimum Gasteiger partial charge on any atom is -0.352 e. The van der Waals surface area contributed by atoms with E-state index in [-0.39, 0.29) is 22.8 Å². The molecule has 2 aromatic rings. The van der Waals surface area contributed by atoms with Crippen LogP contribution in [0, 0.1) is 5.92 Å². The molecule has 1 N–H and O–H groups in total. The number of hydrogen-bond donors (Lipinski definition) is 1. The summed E-state index contributed by atoms with van der Waals surface area (Å²) in [5, 5.41) is 11.2. The Hall–Kier alpha value is -2.16. The zero-order valence-corrected chi connectivity index (χ0v) is 16.2. The van der Waals surface area contributed by atoms with Crippen molar-refractivity contribution in [1.82, 2.24) is 24.9 Å². The summed E-state index contributed by atoms with van der Waals surface area (Å²) in [5.41, 5.74) is 1.90. The van der Waals surface area contributed by atoms with E-state index in [2.05, 4.69) is 15.5 Å². The first-order valence-electron chi connectivity index (χ1n) is 8.86. The molecule has 0 bridgehead atoms. The first kappa shape index (κ1) is 18.6. The summed E-state index contributed by atoms with van der Waals surface area (Å²) in [7, 11) is -1.18. The van der Waals surface area contributed by atoms with Crippen LogP contribution in [0.1, 0.15) is 37.0 Å². The van der Waals surface area contributed by atoms with E-state index in [1.54, 1.807) is 35.7 Å². The number of amides is 1. The lowest BCUT2D eigenvalue weighted by atomic mass is 9.99. The molecule has 0 unspecified atom stereocenters. The summed E-state index contributed by atoms with van der Waals surface area (Å²) in [6.07, 6.45) is 6.45. The number of rotatable bonds is 5. The van der Waals surface area contributed by atoms with Crippen LogP contribution in [0.2, 0.25) is 0 Å². The highest BCUT2D eigenvalue weighted by molar-refractivity contribution is 7.92. The molecule has 0 spiro atoms. The van der Waals surface area contributed by atoms with Gasteiger partial charge in [-0.25, -0.2) is 8.42 Å². The van der Waals surface area contributed by atoms with Gasteiger partial charge in [0.1, 0.15) is 5.69 Å². The predicted molar refractivity (Wildman–Crippen MR) is 98.4 cm³/mol. The van der Waals surface area contributed by atoms with Gasteiger partial charge in [-0.15, -0.1) is 0 Å². The SMILES string of the molecule is CCn1cc(-c2nn(C)cc2C(=O)NC[C@@H]2CCS(=O)(=O)[C@@H](C)C2)cn1. The van der Waals surface area contributed by atoms with Crippen LogP contribution >= 0.6 is 0 Å². The summed E-state index contributed by atoms with van der Waals surface area (Å²) in [6.45, 7) is 4.96. The van der Waals surface area contributed by atoms with Crippen LogP contribution in [-0.4, -0.2) is 51.4 Å². The standard InChI is InChI=1S/C17H25N5O3S/c1-4-22-10-14(9-19-22)16-15(11-21(3)20-16)17(23)18-8-13-5-6-26(24,25)12(2)7-13/h9-13H,4-8H2,1-3H3,(H,18,23)/t12-,13+/m0/s1. The fourth-order valence-corrected chi connectivity index (χ4v) is 4.94. The van der Waals surface area contributed by atoms with Crippen LogP contribution in [0.5, 0.6) is 0 Å². The highest BCUT2D eigenvalue weighted by Crippen LogP contribution is 2.25. The van der Waals surface area contributed by atoms with Gasteiger partial charge in [0.25, 0.3) is 5.91 Å². The van der Waals surface area contributed by atoms with E-state index < -0.39 is 9.84 Å². The number of aryl methyl sites for hydroxylation is 2. The van der Waals surface area contributed by atoms with E-state index in [0.717, 1.165) is 12.1 Å². The number of nitrogens with one attached hydrogen (secondary N) is 1. The van der Waals surface area contributed by atoms with Gasteiger partial charge in [-0.3, -0.25) is 14.2 Å². The lowest BCUT2D eigenvalue weighted by Crippen LogP contribution is -2.37. The summed E-state index contributed by atoms with van der Waals surface area (Å²) in [5.74, 6) is 0.183. The molecule has 3 rings (SSSR count). The minimum atomic E-state index is -2.96. The van der Waals surface area contributed by atoms with Crippen molar-refractivity contribution in [2.45, 2.75) is 38.5 Å². The minimum absolute atomic E-state index is 0.181. The van der Waals surface area contributed by atoms with Crippen LogP contribution < -0.4 is 5.32 Å². The molecule has 9 heteroatoms. The molecular formula is C17H25N5O3S. The normalized spacial score (nSPS) is 22.3. The van der Waals surface area contributed by atoms with E-state index >= 15 is 0 Å². The van der Waals surface area contributed by atoms with Crippen molar-refractivity contribution in [3.8, 4) is 11.3 Å². The van der Waals surface area contributed by atoms with E-state index in [1.807, 2.05) is 13.1 Å². The molecule has 1 amide bonds. The van der Waals surface area contributed by atoms with Gasteiger partial charge in [0, 0.05) is 38.1 Å². The summed E-state index contributed by atoms with van der Waals surface area (Å²) in [4.78, 5) is 12.7. The molecule has 1 saturated heterocycles. The van der Waals surface area contributed by atoms with Crippen LogP contribution in [0.15, 0.2) is 18.6 Å². The maximum atomic E-state index is 12.7. The van der Waals surface area contributed by atoms with Crippen molar-refractivity contribution in [2.75, 3.05) is 12.3 Å². The van der Waals surface area contributed by atoms with Crippen molar-refractivity contribution >= 4 is 15.7 Å². The Balaban J connectivity index is 1.69. The molecular weight excluding hydrogens is 354 g/mol. The Labute approximate surface area is 153 Å². The van der Waals surface area contributed by atoms with Gasteiger partial charge < -0.3 is 5.32 Å². The van der Waals surface area contributed by atoms with Crippen molar-refractivity contribution in [1.29, 1.82) is 0 Å². The van der Waals surface area contributed by atoms with E-state index in [0.29, 0.717) is 30.6 Å². The zero-order valence-electron chi connectivity index (χ0n) is 15.3. The van der Waals surface area contributed by atoms with Gasteiger partial charge in [0.15, 0.2) is 9.84 Å². The molecule has 2 aromatic heterocycles. The molecule has 0 aliphatic carbocycles. The predicted octanol–water partition coefficient (Wildman–Crippen LogP) is 1.25.